The average molecular weight is 496 g/mol. The van der Waals surface area contributed by atoms with Crippen LogP contribution in [0.15, 0.2) is 66.7 Å². The molecule has 5 aromatic rings. The summed E-state index contributed by atoms with van der Waals surface area (Å²) in [6, 6.07) is 21.4. The first-order valence-electron chi connectivity index (χ1n) is 12.1. The topological polar surface area (TPSA) is 104 Å². The zero-order chi connectivity index (χ0) is 25.9. The van der Waals surface area contributed by atoms with Gasteiger partial charge in [-0.3, -0.25) is 4.79 Å². The van der Waals surface area contributed by atoms with E-state index >= 15 is 0 Å². The molecule has 37 heavy (non-hydrogen) atoms. The van der Waals surface area contributed by atoms with Gasteiger partial charge in [-0.15, -0.1) is 0 Å². The first kappa shape index (κ1) is 24.1. The van der Waals surface area contributed by atoms with Crippen LogP contribution in [0.1, 0.15) is 27.0 Å². The van der Waals surface area contributed by atoms with Gasteiger partial charge in [-0.25, -0.2) is 9.97 Å². The van der Waals surface area contributed by atoms with Crippen molar-refractivity contribution in [3.8, 4) is 11.5 Å². The molecule has 0 radical (unpaired) electrons. The van der Waals surface area contributed by atoms with Crippen molar-refractivity contribution in [2.45, 2.75) is 26.4 Å². The van der Waals surface area contributed by atoms with Crippen molar-refractivity contribution in [1.82, 2.24) is 19.9 Å². The molecule has 0 aliphatic rings. The highest BCUT2D eigenvalue weighted by atomic mass is 16.5. The summed E-state index contributed by atoms with van der Waals surface area (Å²) >= 11 is 0. The van der Waals surface area contributed by atoms with Gasteiger partial charge in [0.15, 0.2) is 17.1 Å². The minimum absolute atomic E-state index is 0.280. The number of ether oxygens (including phenoxy) is 2. The van der Waals surface area contributed by atoms with E-state index < -0.39 is 0 Å². The maximum Gasteiger partial charge on any atom is 0.257 e. The van der Waals surface area contributed by atoms with Crippen LogP contribution < -0.4 is 20.5 Å². The molecule has 1 amide bonds. The summed E-state index contributed by atoms with van der Waals surface area (Å²) in [5.74, 6) is 1.39. The van der Waals surface area contributed by atoms with Gasteiger partial charge in [0.2, 0.25) is 0 Å². The molecule has 8 nitrogen and oxygen atoms in total. The molecule has 0 spiro atoms. The highest BCUT2D eigenvalue weighted by Gasteiger charge is 2.24. The number of nitrogens with zero attached hydrogens (tertiary/aromatic N) is 3. The smallest absolute Gasteiger partial charge is 0.257 e. The Morgan fingerprint density at radius 2 is 1.59 bits per heavy atom. The lowest BCUT2D eigenvalue weighted by atomic mass is 10.1. The van der Waals surface area contributed by atoms with Crippen LogP contribution in [0.3, 0.4) is 0 Å². The van der Waals surface area contributed by atoms with E-state index in [2.05, 4.69) is 5.32 Å². The van der Waals surface area contributed by atoms with Gasteiger partial charge in [0.05, 0.1) is 25.3 Å². The lowest BCUT2D eigenvalue weighted by Crippen LogP contribution is -2.24. The molecule has 0 saturated heterocycles. The minimum atomic E-state index is -0.280. The molecule has 8 heteroatoms. The van der Waals surface area contributed by atoms with E-state index in [9.17, 15) is 4.79 Å². The summed E-state index contributed by atoms with van der Waals surface area (Å²) in [4.78, 5) is 23.0. The Balaban J connectivity index is 1.50. The number of carbonyl (C=O) groups is 1. The Hall–Kier alpha value is -4.59. The minimum Gasteiger partial charge on any atom is -0.493 e. The molecule has 0 atom stereocenters. The third-order valence-electron chi connectivity index (χ3n) is 6.46. The van der Waals surface area contributed by atoms with Crippen LogP contribution >= 0.6 is 0 Å². The maximum atomic E-state index is 13.4. The number of anilines is 1. The van der Waals surface area contributed by atoms with E-state index in [-0.39, 0.29) is 5.91 Å². The molecule has 5 rings (SSSR count). The van der Waals surface area contributed by atoms with Crippen LogP contribution in [0.4, 0.5) is 5.82 Å². The third kappa shape index (κ3) is 4.78. The first-order chi connectivity index (χ1) is 18.0. The standard InChI is InChI=1S/C29H29N5O3/c1-18-8-10-20(11-9-18)17-31-29(35)25-26-28(33-22-7-5-4-6-21(22)32-26)34(27(25)30)15-14-19-12-13-23(36-2)24(16-19)37-3/h4-13,16H,14-15,17,30H2,1-3H3,(H,31,35). The van der Waals surface area contributed by atoms with E-state index in [0.717, 1.165) is 16.6 Å². The van der Waals surface area contributed by atoms with Crippen molar-refractivity contribution < 1.29 is 14.3 Å². The predicted molar refractivity (Wildman–Crippen MR) is 145 cm³/mol. The Labute approximate surface area is 215 Å². The fraction of sp³-hybridized carbons (Fsp3) is 0.207. The largest absolute Gasteiger partial charge is 0.493 e. The van der Waals surface area contributed by atoms with Gasteiger partial charge in [0.1, 0.15) is 16.9 Å². The van der Waals surface area contributed by atoms with Gasteiger partial charge in [-0.1, -0.05) is 48.0 Å². The number of para-hydroxylation sites is 2. The number of carbonyl (C=O) groups excluding carboxylic acids is 1. The second-order valence-electron chi connectivity index (χ2n) is 8.90. The maximum absolute atomic E-state index is 13.4. The normalized spacial score (nSPS) is 11.1. The number of nitrogens with two attached hydrogens (primary N) is 1. The van der Waals surface area contributed by atoms with E-state index in [1.54, 1.807) is 14.2 Å². The lowest BCUT2D eigenvalue weighted by molar-refractivity contribution is 0.0953. The van der Waals surface area contributed by atoms with Crippen molar-refractivity contribution in [3.05, 3.63) is 89.0 Å². The zero-order valence-corrected chi connectivity index (χ0v) is 21.1. The Kier molecular flexibility index (Phi) is 6.64. The van der Waals surface area contributed by atoms with Crippen molar-refractivity contribution in [2.75, 3.05) is 20.0 Å². The van der Waals surface area contributed by atoms with Crippen LogP contribution in [0.2, 0.25) is 0 Å². The number of hydrogen-bond acceptors (Lipinski definition) is 6. The zero-order valence-electron chi connectivity index (χ0n) is 21.1. The molecule has 0 bridgehead atoms. The number of methoxy groups -OCH3 is 2. The van der Waals surface area contributed by atoms with Crippen LogP contribution in [0, 0.1) is 6.92 Å². The summed E-state index contributed by atoms with van der Waals surface area (Å²) in [7, 11) is 3.22. The average Bonchev–Trinajstić information content (AvgIpc) is 3.19. The lowest BCUT2D eigenvalue weighted by Gasteiger charge is -2.11. The number of aryl methyl sites for hydroxylation is 3. The van der Waals surface area contributed by atoms with Crippen molar-refractivity contribution in [3.63, 3.8) is 0 Å². The molecule has 2 aromatic heterocycles. The van der Waals surface area contributed by atoms with E-state index in [1.165, 1.54) is 5.56 Å². The van der Waals surface area contributed by atoms with Crippen molar-refractivity contribution in [2.24, 2.45) is 0 Å². The number of nitrogen functional groups attached to an aromatic ring is 1. The van der Waals surface area contributed by atoms with E-state index in [1.807, 2.05) is 78.2 Å². The molecule has 0 fully saturated rings. The molecular formula is C29H29N5O3. The quantitative estimate of drug-likeness (QED) is 0.324. The second-order valence-corrected chi connectivity index (χ2v) is 8.90. The number of hydrogen-bond donors (Lipinski definition) is 2. The molecule has 3 aromatic carbocycles. The van der Waals surface area contributed by atoms with Crippen molar-refractivity contribution in [1.29, 1.82) is 0 Å². The summed E-state index contributed by atoms with van der Waals surface area (Å²) in [5, 5.41) is 3.00. The Morgan fingerprint density at radius 1 is 0.919 bits per heavy atom. The number of fused-ring (bicyclic) bond motifs is 2. The number of aromatic nitrogens is 3. The molecule has 0 aliphatic carbocycles. The first-order valence-corrected chi connectivity index (χ1v) is 12.1. The van der Waals surface area contributed by atoms with E-state index in [4.69, 9.17) is 25.2 Å². The molecule has 0 aliphatic heterocycles. The van der Waals surface area contributed by atoms with E-state index in [0.29, 0.717) is 59.1 Å². The van der Waals surface area contributed by atoms with Gasteiger partial charge in [0, 0.05) is 13.1 Å². The molecule has 0 unspecified atom stereocenters. The molecule has 188 valence electrons. The SMILES string of the molecule is COc1ccc(CCn2c(N)c(C(=O)NCc3ccc(C)cc3)c3nc4ccccc4nc32)cc1OC. The van der Waals surface area contributed by atoms with Crippen molar-refractivity contribution >= 4 is 33.9 Å². The van der Waals surface area contributed by atoms with Crippen LogP contribution in [-0.2, 0) is 19.5 Å². The highest BCUT2D eigenvalue weighted by Crippen LogP contribution is 2.30. The van der Waals surface area contributed by atoms with Crippen LogP contribution in [0.25, 0.3) is 22.2 Å². The molecule has 3 N–H and O–H groups in total. The summed E-state index contributed by atoms with van der Waals surface area (Å²) in [6.07, 6.45) is 0.646. The fourth-order valence-corrected chi connectivity index (χ4v) is 4.42. The third-order valence-corrected chi connectivity index (χ3v) is 6.46. The molecule has 0 saturated carbocycles. The van der Waals surface area contributed by atoms with Crippen LogP contribution in [0.5, 0.6) is 11.5 Å². The Morgan fingerprint density at radius 3 is 2.30 bits per heavy atom. The van der Waals surface area contributed by atoms with Gasteiger partial charge >= 0.3 is 0 Å². The van der Waals surface area contributed by atoms with Gasteiger partial charge in [-0.05, 0) is 48.7 Å². The second kappa shape index (κ2) is 10.2. The van der Waals surface area contributed by atoms with Gasteiger partial charge in [0.25, 0.3) is 5.91 Å². The Bertz CT molecular complexity index is 1590. The predicted octanol–water partition coefficient (Wildman–Crippen LogP) is 4.67. The molecular weight excluding hydrogens is 466 g/mol. The van der Waals surface area contributed by atoms with Gasteiger partial charge in [-0.2, -0.15) is 0 Å². The number of benzene rings is 3. The summed E-state index contributed by atoms with van der Waals surface area (Å²) < 4.78 is 12.7. The number of nitrogens with one attached hydrogen (secondary N) is 1. The van der Waals surface area contributed by atoms with Gasteiger partial charge < -0.3 is 25.1 Å². The fourth-order valence-electron chi connectivity index (χ4n) is 4.42. The van der Waals surface area contributed by atoms with Crippen LogP contribution in [-0.4, -0.2) is 34.7 Å². The monoisotopic (exact) mass is 495 g/mol. The summed E-state index contributed by atoms with van der Waals surface area (Å²) in [6.45, 7) is 2.93. The highest BCUT2D eigenvalue weighted by molar-refractivity contribution is 6.10. The molecule has 2 heterocycles. The number of rotatable bonds is 8. The summed E-state index contributed by atoms with van der Waals surface area (Å²) in [5.41, 5.74) is 12.7. The number of amides is 1.